The van der Waals surface area contributed by atoms with Gasteiger partial charge in [-0.3, -0.25) is 14.6 Å². The van der Waals surface area contributed by atoms with Crippen LogP contribution in [-0.2, 0) is 4.79 Å². The Kier molecular flexibility index (Phi) is 5.79. The van der Waals surface area contributed by atoms with Gasteiger partial charge in [0, 0.05) is 52.0 Å². The number of hydrogen-bond acceptors (Lipinski definition) is 4. The molecule has 0 N–H and O–H groups in total. The van der Waals surface area contributed by atoms with Crippen molar-refractivity contribution in [3.05, 3.63) is 24.0 Å². The second-order valence-electron chi connectivity index (χ2n) is 7.63. The van der Waals surface area contributed by atoms with E-state index >= 15 is 0 Å². The van der Waals surface area contributed by atoms with Gasteiger partial charge < -0.3 is 14.7 Å². The molecule has 1 aromatic rings. The normalized spacial score (nSPS) is 20.9. The molecule has 2 amide bonds. The number of aromatic nitrogens is 1. The van der Waals surface area contributed by atoms with Crippen LogP contribution in [-0.4, -0.2) is 65.9 Å². The number of rotatable bonds is 4. The molecular weight excluding hydrogens is 328 g/mol. The Morgan fingerprint density at radius 3 is 2.50 bits per heavy atom. The van der Waals surface area contributed by atoms with E-state index in [9.17, 15) is 9.59 Å². The second-order valence-corrected chi connectivity index (χ2v) is 7.63. The van der Waals surface area contributed by atoms with Gasteiger partial charge in [-0.25, -0.2) is 0 Å². The van der Waals surface area contributed by atoms with Crippen molar-refractivity contribution in [2.24, 2.45) is 0 Å². The fourth-order valence-electron chi connectivity index (χ4n) is 4.10. The van der Waals surface area contributed by atoms with Gasteiger partial charge in [-0.2, -0.15) is 0 Å². The molecule has 1 aliphatic carbocycles. The monoisotopic (exact) mass is 358 g/mol. The van der Waals surface area contributed by atoms with Gasteiger partial charge in [-0.15, -0.1) is 0 Å². The molecule has 1 atom stereocenters. The smallest absolute Gasteiger partial charge is 0.272 e. The van der Waals surface area contributed by atoms with Gasteiger partial charge in [0.2, 0.25) is 5.91 Å². The first-order valence-corrected chi connectivity index (χ1v) is 9.69. The summed E-state index contributed by atoms with van der Waals surface area (Å²) < 4.78 is 0. The lowest BCUT2D eigenvalue weighted by Gasteiger charge is -2.31. The maximum absolute atomic E-state index is 12.9. The molecular formula is C20H30N4O2. The average molecular weight is 358 g/mol. The van der Waals surface area contributed by atoms with E-state index in [2.05, 4.69) is 9.88 Å². The van der Waals surface area contributed by atoms with Gasteiger partial charge in [0.15, 0.2) is 0 Å². The van der Waals surface area contributed by atoms with Crippen LogP contribution in [0.4, 0.5) is 5.69 Å². The first kappa shape index (κ1) is 18.7. The average Bonchev–Trinajstić information content (AvgIpc) is 3.17. The Bertz CT molecular complexity index is 657. The molecule has 0 unspecified atom stereocenters. The summed E-state index contributed by atoms with van der Waals surface area (Å²) in [5.41, 5.74) is 1.53. The Morgan fingerprint density at radius 1 is 1.08 bits per heavy atom. The van der Waals surface area contributed by atoms with Crippen LogP contribution in [0.25, 0.3) is 0 Å². The summed E-state index contributed by atoms with van der Waals surface area (Å²) in [7, 11) is 3.76. The van der Waals surface area contributed by atoms with Crippen molar-refractivity contribution in [3.63, 3.8) is 0 Å². The zero-order valence-corrected chi connectivity index (χ0v) is 16.1. The van der Waals surface area contributed by atoms with Crippen LogP contribution in [0.5, 0.6) is 0 Å². The molecule has 0 spiro atoms. The van der Waals surface area contributed by atoms with Crippen molar-refractivity contribution < 1.29 is 9.59 Å². The Hall–Kier alpha value is -2.11. The molecule has 2 aliphatic rings. The molecule has 2 fully saturated rings. The van der Waals surface area contributed by atoms with Crippen molar-refractivity contribution in [3.8, 4) is 0 Å². The highest BCUT2D eigenvalue weighted by atomic mass is 16.2. The zero-order chi connectivity index (χ0) is 18.7. The number of carbonyl (C=O) groups is 2. The minimum atomic E-state index is 0.00958. The number of likely N-dealkylation sites (N-methyl/N-ethyl adjacent to an activating group) is 1. The van der Waals surface area contributed by atoms with Gasteiger partial charge in [0.25, 0.3) is 5.91 Å². The molecule has 0 radical (unpaired) electrons. The Labute approximate surface area is 156 Å². The summed E-state index contributed by atoms with van der Waals surface area (Å²) in [5.74, 6) is 0.104. The molecule has 1 aliphatic heterocycles. The number of pyridine rings is 1. The molecule has 3 rings (SSSR count). The maximum atomic E-state index is 12.9. The second kappa shape index (κ2) is 8.06. The standard InChI is InChI=1S/C20H30N4O2/c1-15(25)22(2)18-10-12-24(14-18)17-9-11-21-19(13-17)20(26)23(3)16-7-5-4-6-8-16/h9,11,13,16,18H,4-8,10,12,14H2,1-3H3/t18-/m0/s1. The van der Waals surface area contributed by atoms with Gasteiger partial charge in [0.1, 0.15) is 5.69 Å². The van der Waals surface area contributed by atoms with E-state index < -0.39 is 0 Å². The van der Waals surface area contributed by atoms with Crippen LogP contribution in [0.15, 0.2) is 18.3 Å². The fraction of sp³-hybridized carbons (Fsp3) is 0.650. The summed E-state index contributed by atoms with van der Waals surface area (Å²) >= 11 is 0. The highest BCUT2D eigenvalue weighted by Crippen LogP contribution is 2.25. The number of hydrogen-bond donors (Lipinski definition) is 0. The van der Waals surface area contributed by atoms with Crippen LogP contribution in [0.3, 0.4) is 0 Å². The quantitative estimate of drug-likeness (QED) is 0.830. The van der Waals surface area contributed by atoms with Crippen LogP contribution in [0.1, 0.15) is 55.9 Å². The molecule has 1 saturated heterocycles. The molecule has 0 aromatic carbocycles. The molecule has 2 heterocycles. The zero-order valence-electron chi connectivity index (χ0n) is 16.1. The molecule has 1 aromatic heterocycles. The van der Waals surface area contributed by atoms with E-state index in [0.717, 1.165) is 38.0 Å². The van der Waals surface area contributed by atoms with E-state index in [0.29, 0.717) is 11.7 Å². The van der Waals surface area contributed by atoms with Crippen molar-refractivity contribution in [1.29, 1.82) is 0 Å². The third-order valence-electron chi connectivity index (χ3n) is 5.98. The van der Waals surface area contributed by atoms with E-state index in [-0.39, 0.29) is 17.9 Å². The first-order valence-electron chi connectivity index (χ1n) is 9.69. The number of anilines is 1. The molecule has 6 nitrogen and oxygen atoms in total. The maximum Gasteiger partial charge on any atom is 0.272 e. The molecule has 6 heteroatoms. The molecule has 0 bridgehead atoms. The van der Waals surface area contributed by atoms with Crippen LogP contribution in [0, 0.1) is 0 Å². The van der Waals surface area contributed by atoms with Gasteiger partial charge in [0.05, 0.1) is 6.04 Å². The Balaban J connectivity index is 1.68. The molecule has 1 saturated carbocycles. The number of carbonyl (C=O) groups excluding carboxylic acids is 2. The number of amides is 2. The lowest BCUT2D eigenvalue weighted by atomic mass is 9.94. The van der Waals surface area contributed by atoms with E-state index in [1.165, 1.54) is 19.3 Å². The van der Waals surface area contributed by atoms with Crippen molar-refractivity contribution >= 4 is 17.5 Å². The van der Waals surface area contributed by atoms with Crippen molar-refractivity contribution in [1.82, 2.24) is 14.8 Å². The molecule has 142 valence electrons. The lowest BCUT2D eigenvalue weighted by molar-refractivity contribution is -0.129. The van der Waals surface area contributed by atoms with Gasteiger partial charge in [-0.05, 0) is 31.4 Å². The molecule has 26 heavy (non-hydrogen) atoms. The highest BCUT2D eigenvalue weighted by molar-refractivity contribution is 5.93. The summed E-state index contributed by atoms with van der Waals surface area (Å²) in [6, 6.07) is 4.41. The minimum absolute atomic E-state index is 0.00958. The van der Waals surface area contributed by atoms with Crippen molar-refractivity contribution in [2.45, 2.75) is 57.5 Å². The largest absolute Gasteiger partial charge is 0.369 e. The SMILES string of the molecule is CC(=O)N(C)[C@H]1CCN(c2ccnc(C(=O)N(C)C3CCCCC3)c2)C1. The predicted octanol–water partition coefficient (Wildman–Crippen LogP) is 2.54. The third-order valence-corrected chi connectivity index (χ3v) is 5.98. The summed E-state index contributed by atoms with van der Waals surface area (Å²) in [6.07, 6.45) is 8.53. The van der Waals surface area contributed by atoms with Crippen LogP contribution >= 0.6 is 0 Å². The summed E-state index contributed by atoms with van der Waals surface area (Å²) in [4.78, 5) is 34.7. The van der Waals surface area contributed by atoms with Crippen LogP contribution < -0.4 is 4.90 Å². The topological polar surface area (TPSA) is 56.8 Å². The van der Waals surface area contributed by atoms with Crippen molar-refractivity contribution in [2.75, 3.05) is 32.1 Å². The summed E-state index contributed by atoms with van der Waals surface area (Å²) in [5, 5.41) is 0. The van der Waals surface area contributed by atoms with Gasteiger partial charge in [-0.1, -0.05) is 19.3 Å². The number of nitrogens with zero attached hydrogens (tertiary/aromatic N) is 4. The van der Waals surface area contributed by atoms with E-state index in [4.69, 9.17) is 0 Å². The first-order chi connectivity index (χ1) is 12.5. The third kappa shape index (κ3) is 4.00. The highest BCUT2D eigenvalue weighted by Gasteiger charge is 2.28. The minimum Gasteiger partial charge on any atom is -0.369 e. The lowest BCUT2D eigenvalue weighted by Crippen LogP contribution is -2.39. The summed E-state index contributed by atoms with van der Waals surface area (Å²) in [6.45, 7) is 3.29. The van der Waals surface area contributed by atoms with E-state index in [1.807, 2.05) is 36.0 Å². The van der Waals surface area contributed by atoms with E-state index in [1.54, 1.807) is 13.1 Å². The van der Waals surface area contributed by atoms with Gasteiger partial charge >= 0.3 is 0 Å². The predicted molar refractivity (Wildman–Crippen MR) is 102 cm³/mol. The fourth-order valence-corrected chi connectivity index (χ4v) is 4.10. The Morgan fingerprint density at radius 2 is 1.81 bits per heavy atom. The van der Waals surface area contributed by atoms with Crippen LogP contribution in [0.2, 0.25) is 0 Å².